The lowest BCUT2D eigenvalue weighted by Crippen LogP contribution is -2.29. The van der Waals surface area contributed by atoms with Crippen molar-refractivity contribution in [3.05, 3.63) is 0 Å². The van der Waals surface area contributed by atoms with Crippen LogP contribution < -0.4 is 5.73 Å². The van der Waals surface area contributed by atoms with E-state index in [2.05, 4.69) is 66.0 Å². The van der Waals surface area contributed by atoms with E-state index in [0.29, 0.717) is 19.8 Å². The topological polar surface area (TPSA) is 26.0 Å². The van der Waals surface area contributed by atoms with Crippen molar-refractivity contribution in [2.24, 2.45) is 17.6 Å². The normalized spacial score (nSPS) is 23.4. The van der Waals surface area contributed by atoms with Crippen molar-refractivity contribution in [1.29, 1.82) is 0 Å². The van der Waals surface area contributed by atoms with Gasteiger partial charge in [0.15, 0.2) is 0 Å². The molecule has 0 saturated carbocycles. The maximum absolute atomic E-state index is 5.76. The molecule has 0 saturated heterocycles. The summed E-state index contributed by atoms with van der Waals surface area (Å²) in [5, 5.41) is 0. The summed E-state index contributed by atoms with van der Waals surface area (Å²) in [6, 6.07) is 0. The van der Waals surface area contributed by atoms with Gasteiger partial charge in [-0.15, -0.1) is 0 Å². The molecule has 62 valence electrons. The molecule has 0 rings (SSSR count). The van der Waals surface area contributed by atoms with Crippen LogP contribution in [0.4, 0.5) is 0 Å². The van der Waals surface area contributed by atoms with E-state index in [9.17, 15) is 0 Å². The molecule has 3 unspecified atom stereocenters. The number of rotatable bonds is 3. The second-order valence-electron chi connectivity index (χ2n) is 2.84. The van der Waals surface area contributed by atoms with E-state index in [-0.39, 0.29) is 0 Å². The van der Waals surface area contributed by atoms with Gasteiger partial charge in [0.05, 0.1) is 4.05 Å². The summed E-state index contributed by atoms with van der Waals surface area (Å²) < 4.78 is 1.01. The molecule has 0 spiro atoms. The smallest absolute Gasteiger partial charge is 0.0597 e. The van der Waals surface area contributed by atoms with E-state index in [1.165, 1.54) is 0 Å². The highest BCUT2D eigenvalue weighted by atomic mass is 127. The van der Waals surface area contributed by atoms with Gasteiger partial charge in [0.1, 0.15) is 0 Å². The molecule has 0 amide bonds. The molecule has 1 nitrogen and oxygen atoms in total. The molecule has 0 aromatic rings. The number of nitrogens with two attached hydrogens (primary N) is 1. The van der Waals surface area contributed by atoms with E-state index < -0.39 is 0 Å². The first-order valence-corrected chi connectivity index (χ1v) is 5.99. The van der Waals surface area contributed by atoms with Crippen LogP contribution in [0.3, 0.4) is 0 Å². The monoisotopic (exact) mass is 367 g/mol. The summed E-state index contributed by atoms with van der Waals surface area (Å²) in [6.45, 7) is 6.72. The van der Waals surface area contributed by atoms with Gasteiger partial charge < -0.3 is 5.73 Å². The van der Waals surface area contributed by atoms with Crippen LogP contribution in [-0.4, -0.2) is 7.97 Å². The van der Waals surface area contributed by atoms with E-state index >= 15 is 0 Å². The van der Waals surface area contributed by atoms with E-state index in [1.807, 2.05) is 0 Å². The molecular weight excluding hydrogens is 352 g/mol. The molecule has 2 N–H and O–H groups in total. The zero-order chi connectivity index (χ0) is 8.31. The lowest BCUT2D eigenvalue weighted by atomic mass is 9.94. The van der Waals surface area contributed by atoms with E-state index in [1.54, 1.807) is 0 Å². The van der Waals surface area contributed by atoms with E-state index in [4.69, 9.17) is 5.73 Å². The molecule has 0 aromatic heterocycles. The van der Waals surface area contributed by atoms with Crippen molar-refractivity contribution in [1.82, 2.24) is 0 Å². The Balaban J connectivity index is 3.81. The Kier molecular flexibility index (Phi) is 5.86. The van der Waals surface area contributed by atoms with Crippen LogP contribution in [0.15, 0.2) is 0 Å². The predicted octanol–water partition coefficient (Wildman–Crippen LogP) is 2.80. The van der Waals surface area contributed by atoms with Crippen molar-refractivity contribution in [3.8, 4) is 0 Å². The van der Waals surface area contributed by atoms with Gasteiger partial charge in [-0.3, -0.25) is 0 Å². The average molecular weight is 367 g/mol. The largest absolute Gasteiger partial charge is 0.319 e. The SMILES string of the molecule is CC(I)C(C)C(C)[C@@H](N)I. The molecule has 0 aliphatic heterocycles. The fourth-order valence-electron chi connectivity index (χ4n) is 0.708. The lowest BCUT2D eigenvalue weighted by molar-refractivity contribution is 0.393. The molecule has 4 atom stereocenters. The standard InChI is InChI=1S/C7H15I2N/c1-4(6(3)8)5(2)7(9)10/h4-7H,10H2,1-3H3/t4?,5?,6?,7-/m1/s1. The van der Waals surface area contributed by atoms with E-state index in [0.717, 1.165) is 0 Å². The highest BCUT2D eigenvalue weighted by Gasteiger charge is 2.20. The molecule has 0 aliphatic carbocycles. The maximum Gasteiger partial charge on any atom is 0.0597 e. The summed E-state index contributed by atoms with van der Waals surface area (Å²) >= 11 is 4.75. The molecule has 0 heterocycles. The average Bonchev–Trinajstić information content (AvgIpc) is 1.84. The van der Waals surface area contributed by atoms with Crippen LogP contribution >= 0.6 is 45.2 Å². The quantitative estimate of drug-likeness (QED) is 0.464. The van der Waals surface area contributed by atoms with Crippen molar-refractivity contribution in [3.63, 3.8) is 0 Å². The highest BCUT2D eigenvalue weighted by molar-refractivity contribution is 14.1. The van der Waals surface area contributed by atoms with Crippen molar-refractivity contribution >= 4 is 45.2 Å². The van der Waals surface area contributed by atoms with Gasteiger partial charge in [-0.05, 0) is 11.8 Å². The van der Waals surface area contributed by atoms with Gasteiger partial charge in [0, 0.05) is 3.92 Å². The molecule has 3 heteroatoms. The van der Waals surface area contributed by atoms with Gasteiger partial charge in [-0.25, -0.2) is 0 Å². The number of halogens is 2. The molecular formula is C7H15I2N. The minimum Gasteiger partial charge on any atom is -0.319 e. The number of hydrogen-bond donors (Lipinski definition) is 1. The van der Waals surface area contributed by atoms with Crippen LogP contribution in [0, 0.1) is 11.8 Å². The molecule has 0 bridgehead atoms. The molecule has 0 aromatic carbocycles. The summed E-state index contributed by atoms with van der Waals surface area (Å²) in [5.41, 5.74) is 5.76. The zero-order valence-corrected chi connectivity index (χ0v) is 11.0. The third-order valence-corrected chi connectivity index (χ3v) is 4.32. The summed E-state index contributed by atoms with van der Waals surface area (Å²) in [5.74, 6) is 1.33. The Morgan fingerprint density at radius 2 is 1.40 bits per heavy atom. The van der Waals surface area contributed by atoms with Crippen molar-refractivity contribution in [2.45, 2.75) is 28.7 Å². The van der Waals surface area contributed by atoms with Gasteiger partial charge in [0.2, 0.25) is 0 Å². The second kappa shape index (κ2) is 5.13. The second-order valence-corrected chi connectivity index (χ2v) is 6.24. The first-order chi connectivity index (χ1) is 4.46. The Labute approximate surface area is 90.8 Å². The minimum absolute atomic E-state index is 0.296. The van der Waals surface area contributed by atoms with Crippen LogP contribution in [0.25, 0.3) is 0 Å². The first-order valence-electron chi connectivity index (χ1n) is 3.50. The van der Waals surface area contributed by atoms with Gasteiger partial charge in [0.25, 0.3) is 0 Å². The number of alkyl halides is 2. The van der Waals surface area contributed by atoms with Gasteiger partial charge in [-0.2, -0.15) is 0 Å². The highest BCUT2D eigenvalue weighted by Crippen LogP contribution is 2.25. The minimum atomic E-state index is 0.296. The zero-order valence-electron chi connectivity index (χ0n) is 6.64. The summed E-state index contributed by atoms with van der Waals surface area (Å²) in [6.07, 6.45) is 0. The maximum atomic E-state index is 5.76. The van der Waals surface area contributed by atoms with Crippen LogP contribution in [0.2, 0.25) is 0 Å². The fourth-order valence-corrected chi connectivity index (χ4v) is 2.02. The summed E-state index contributed by atoms with van der Waals surface area (Å²) in [4.78, 5) is 0. The Morgan fingerprint density at radius 3 is 1.50 bits per heavy atom. The Hall–Kier alpha value is 1.42. The first kappa shape index (κ1) is 11.4. The fraction of sp³-hybridized carbons (Fsp3) is 1.00. The van der Waals surface area contributed by atoms with Crippen LogP contribution in [0.1, 0.15) is 20.8 Å². The molecule has 0 fully saturated rings. The third-order valence-electron chi connectivity index (χ3n) is 2.06. The number of hydrogen-bond acceptors (Lipinski definition) is 1. The van der Waals surface area contributed by atoms with Gasteiger partial charge in [-0.1, -0.05) is 66.0 Å². The molecule has 10 heavy (non-hydrogen) atoms. The molecule has 0 aliphatic rings. The van der Waals surface area contributed by atoms with Crippen molar-refractivity contribution in [2.75, 3.05) is 0 Å². The molecule has 0 radical (unpaired) electrons. The Morgan fingerprint density at radius 1 is 1.00 bits per heavy atom. The Bertz CT molecular complexity index is 81.6. The predicted molar refractivity (Wildman–Crippen MR) is 63.8 cm³/mol. The summed E-state index contributed by atoms with van der Waals surface area (Å²) in [7, 11) is 0. The van der Waals surface area contributed by atoms with Gasteiger partial charge >= 0.3 is 0 Å². The third kappa shape index (κ3) is 3.71. The van der Waals surface area contributed by atoms with Crippen LogP contribution in [0.5, 0.6) is 0 Å². The van der Waals surface area contributed by atoms with Crippen LogP contribution in [-0.2, 0) is 0 Å². The van der Waals surface area contributed by atoms with Crippen molar-refractivity contribution < 1.29 is 0 Å². The lowest BCUT2D eigenvalue weighted by Gasteiger charge is -2.24.